The van der Waals surface area contributed by atoms with Crippen molar-refractivity contribution >= 4 is 6.08 Å². The highest BCUT2D eigenvalue weighted by Crippen LogP contribution is 2.26. The van der Waals surface area contributed by atoms with Crippen molar-refractivity contribution in [2.75, 3.05) is 26.3 Å². The van der Waals surface area contributed by atoms with Gasteiger partial charge in [0.1, 0.15) is 0 Å². The monoisotopic (exact) mass is 335 g/mol. The van der Waals surface area contributed by atoms with Crippen LogP contribution in [0, 0.1) is 5.92 Å². The largest absolute Gasteiger partial charge is 0.377 e. The number of likely N-dealkylation sites (tertiary alicyclic amines) is 1. The average molecular weight is 335 g/mol. The molecule has 0 radical (unpaired) electrons. The minimum absolute atomic E-state index is 0.511. The summed E-state index contributed by atoms with van der Waals surface area (Å²) >= 11 is 0. The minimum Gasteiger partial charge on any atom is -0.377 e. The van der Waals surface area contributed by atoms with E-state index in [0.29, 0.717) is 18.6 Å². The predicted molar refractivity (Wildman–Crippen MR) is 105 cm³/mol. The molecule has 2 aromatic carbocycles. The standard InChI is InChI=1S/C23H29NO/c1-20(23-12-6-3-7-13-23)24-16-14-22(15-17-24)19-25-18-8-11-21-9-4-2-5-10-21/h2-13,20,22H,14-19H2,1H3. The maximum Gasteiger partial charge on any atom is 0.0650 e. The molecule has 1 atom stereocenters. The van der Waals surface area contributed by atoms with Gasteiger partial charge in [-0.3, -0.25) is 4.90 Å². The van der Waals surface area contributed by atoms with Gasteiger partial charge in [-0.25, -0.2) is 0 Å². The third-order valence-electron chi connectivity index (χ3n) is 5.16. The Bertz CT molecular complexity index is 630. The van der Waals surface area contributed by atoms with E-state index in [0.717, 1.165) is 6.61 Å². The minimum atomic E-state index is 0.511. The Kier molecular flexibility index (Phi) is 6.84. The highest BCUT2D eigenvalue weighted by molar-refractivity contribution is 5.48. The molecule has 2 aromatic rings. The number of nitrogens with zero attached hydrogens (tertiary/aromatic N) is 1. The van der Waals surface area contributed by atoms with Gasteiger partial charge in [-0.1, -0.05) is 72.8 Å². The molecule has 1 aliphatic heterocycles. The lowest BCUT2D eigenvalue weighted by molar-refractivity contribution is 0.0698. The molecule has 0 amide bonds. The third kappa shape index (κ3) is 5.55. The first-order chi connectivity index (χ1) is 12.3. The fraction of sp³-hybridized carbons (Fsp3) is 0.391. The summed E-state index contributed by atoms with van der Waals surface area (Å²) in [5.41, 5.74) is 2.65. The smallest absolute Gasteiger partial charge is 0.0650 e. The molecule has 1 heterocycles. The van der Waals surface area contributed by atoms with Crippen molar-refractivity contribution in [3.8, 4) is 0 Å². The van der Waals surface area contributed by atoms with Gasteiger partial charge in [0.25, 0.3) is 0 Å². The summed E-state index contributed by atoms with van der Waals surface area (Å²) in [6, 6.07) is 21.7. The van der Waals surface area contributed by atoms with Gasteiger partial charge >= 0.3 is 0 Å². The maximum atomic E-state index is 5.87. The molecule has 25 heavy (non-hydrogen) atoms. The van der Waals surface area contributed by atoms with Gasteiger partial charge in [0.15, 0.2) is 0 Å². The van der Waals surface area contributed by atoms with Crippen LogP contribution in [0.1, 0.15) is 36.9 Å². The van der Waals surface area contributed by atoms with Crippen molar-refractivity contribution in [2.24, 2.45) is 5.92 Å². The summed E-state index contributed by atoms with van der Waals surface area (Å²) in [5.74, 6) is 0.698. The van der Waals surface area contributed by atoms with Crippen LogP contribution in [0.4, 0.5) is 0 Å². The van der Waals surface area contributed by atoms with Crippen LogP contribution >= 0.6 is 0 Å². The first kappa shape index (κ1) is 17.9. The SMILES string of the molecule is CC(c1ccccc1)N1CCC(COCC=Cc2ccccc2)CC1. The second-order valence-electron chi connectivity index (χ2n) is 6.92. The highest BCUT2D eigenvalue weighted by Gasteiger charge is 2.23. The Labute approximate surface area is 152 Å². The maximum absolute atomic E-state index is 5.87. The van der Waals surface area contributed by atoms with Crippen LogP contribution in [0.2, 0.25) is 0 Å². The Hall–Kier alpha value is -1.90. The Morgan fingerprint density at radius 3 is 2.32 bits per heavy atom. The van der Waals surface area contributed by atoms with E-state index in [1.165, 1.54) is 37.1 Å². The van der Waals surface area contributed by atoms with Crippen LogP contribution in [-0.2, 0) is 4.74 Å². The Morgan fingerprint density at radius 2 is 1.64 bits per heavy atom. The molecule has 1 saturated heterocycles. The molecule has 1 aliphatic rings. The summed E-state index contributed by atoms with van der Waals surface area (Å²) < 4.78 is 5.87. The van der Waals surface area contributed by atoms with E-state index in [-0.39, 0.29) is 0 Å². The van der Waals surface area contributed by atoms with Crippen LogP contribution in [0.5, 0.6) is 0 Å². The van der Waals surface area contributed by atoms with Gasteiger partial charge in [0, 0.05) is 12.6 Å². The Balaban J connectivity index is 1.35. The first-order valence-corrected chi connectivity index (χ1v) is 9.41. The second-order valence-corrected chi connectivity index (χ2v) is 6.92. The van der Waals surface area contributed by atoms with Crippen LogP contribution in [0.3, 0.4) is 0 Å². The number of piperidine rings is 1. The molecule has 0 bridgehead atoms. The van der Waals surface area contributed by atoms with Crippen LogP contribution < -0.4 is 0 Å². The van der Waals surface area contributed by atoms with E-state index in [2.05, 4.69) is 78.6 Å². The number of rotatable bonds is 7. The lowest BCUT2D eigenvalue weighted by atomic mass is 9.95. The van der Waals surface area contributed by atoms with Crippen molar-refractivity contribution in [3.05, 3.63) is 77.9 Å². The number of ether oxygens (including phenoxy) is 1. The Morgan fingerprint density at radius 1 is 1.00 bits per heavy atom. The number of hydrogen-bond acceptors (Lipinski definition) is 2. The molecule has 0 aromatic heterocycles. The lowest BCUT2D eigenvalue weighted by Crippen LogP contribution is -2.36. The van der Waals surface area contributed by atoms with Gasteiger partial charge in [-0.2, -0.15) is 0 Å². The van der Waals surface area contributed by atoms with E-state index < -0.39 is 0 Å². The highest BCUT2D eigenvalue weighted by atomic mass is 16.5. The second kappa shape index (κ2) is 9.55. The molecule has 1 unspecified atom stereocenters. The van der Waals surface area contributed by atoms with E-state index in [4.69, 9.17) is 4.74 Å². The van der Waals surface area contributed by atoms with E-state index in [9.17, 15) is 0 Å². The normalized spacial score (nSPS) is 17.8. The fourth-order valence-electron chi connectivity index (χ4n) is 3.50. The van der Waals surface area contributed by atoms with Gasteiger partial charge in [0.05, 0.1) is 6.61 Å². The van der Waals surface area contributed by atoms with Crippen LogP contribution in [0.25, 0.3) is 6.08 Å². The van der Waals surface area contributed by atoms with E-state index in [1.807, 2.05) is 6.07 Å². The van der Waals surface area contributed by atoms with Gasteiger partial charge in [0.2, 0.25) is 0 Å². The molecule has 0 aliphatic carbocycles. The van der Waals surface area contributed by atoms with Crippen molar-refractivity contribution in [3.63, 3.8) is 0 Å². The fourth-order valence-corrected chi connectivity index (χ4v) is 3.50. The van der Waals surface area contributed by atoms with E-state index >= 15 is 0 Å². The summed E-state index contributed by atoms with van der Waals surface area (Å²) in [5, 5.41) is 0. The van der Waals surface area contributed by atoms with Crippen molar-refractivity contribution in [1.82, 2.24) is 4.90 Å². The summed E-state index contributed by atoms with van der Waals surface area (Å²) in [6.45, 7) is 6.25. The molecule has 1 fully saturated rings. The molecule has 0 spiro atoms. The average Bonchev–Trinajstić information content (AvgIpc) is 2.69. The summed E-state index contributed by atoms with van der Waals surface area (Å²) in [7, 11) is 0. The summed E-state index contributed by atoms with van der Waals surface area (Å²) in [6.07, 6.45) is 6.71. The zero-order chi connectivity index (χ0) is 17.3. The molecule has 0 saturated carbocycles. The van der Waals surface area contributed by atoms with Gasteiger partial charge < -0.3 is 4.74 Å². The molecule has 132 valence electrons. The molecule has 3 rings (SSSR count). The van der Waals surface area contributed by atoms with E-state index in [1.54, 1.807) is 0 Å². The molecule has 2 nitrogen and oxygen atoms in total. The zero-order valence-electron chi connectivity index (χ0n) is 15.2. The zero-order valence-corrected chi connectivity index (χ0v) is 15.2. The third-order valence-corrected chi connectivity index (χ3v) is 5.16. The van der Waals surface area contributed by atoms with Crippen LogP contribution in [0.15, 0.2) is 66.7 Å². The van der Waals surface area contributed by atoms with Crippen LogP contribution in [-0.4, -0.2) is 31.2 Å². The molecular weight excluding hydrogens is 306 g/mol. The van der Waals surface area contributed by atoms with Gasteiger partial charge in [-0.15, -0.1) is 0 Å². The number of hydrogen-bond donors (Lipinski definition) is 0. The van der Waals surface area contributed by atoms with Crippen molar-refractivity contribution in [2.45, 2.75) is 25.8 Å². The quantitative estimate of drug-likeness (QED) is 0.646. The topological polar surface area (TPSA) is 12.5 Å². The van der Waals surface area contributed by atoms with Crippen molar-refractivity contribution < 1.29 is 4.74 Å². The molecule has 2 heteroatoms. The predicted octanol–water partition coefficient (Wildman–Crippen LogP) is 5.19. The lowest BCUT2D eigenvalue weighted by Gasteiger charge is -2.36. The molecule has 0 N–H and O–H groups in total. The first-order valence-electron chi connectivity index (χ1n) is 9.41. The molecular formula is C23H29NO. The summed E-state index contributed by atoms with van der Waals surface area (Å²) in [4.78, 5) is 2.60. The van der Waals surface area contributed by atoms with Gasteiger partial charge in [-0.05, 0) is 49.9 Å². The van der Waals surface area contributed by atoms with Crippen molar-refractivity contribution in [1.29, 1.82) is 0 Å². The number of benzene rings is 2.